The van der Waals surface area contributed by atoms with E-state index in [9.17, 15) is 4.79 Å². The van der Waals surface area contributed by atoms with Crippen molar-refractivity contribution in [2.24, 2.45) is 0 Å². The van der Waals surface area contributed by atoms with E-state index < -0.39 is 5.97 Å². The molecule has 0 aromatic carbocycles. The molecule has 0 amide bonds. The Morgan fingerprint density at radius 2 is 2.47 bits per heavy atom. The third-order valence-corrected chi connectivity index (χ3v) is 2.37. The van der Waals surface area contributed by atoms with Gasteiger partial charge in [0.05, 0.1) is 12.2 Å². The van der Waals surface area contributed by atoms with Gasteiger partial charge in [0.1, 0.15) is 0 Å². The van der Waals surface area contributed by atoms with E-state index in [0.29, 0.717) is 13.1 Å². The maximum atomic E-state index is 10.7. The molecular weight excluding hydrogens is 218 g/mol. The summed E-state index contributed by atoms with van der Waals surface area (Å²) in [6.45, 7) is 7.74. The first kappa shape index (κ1) is 13.4. The Labute approximate surface area is 101 Å². The molecule has 17 heavy (non-hydrogen) atoms. The zero-order valence-corrected chi connectivity index (χ0v) is 10.2. The number of carboxylic acids is 1. The largest absolute Gasteiger partial charge is 0.480 e. The second kappa shape index (κ2) is 6.85. The first-order valence-electron chi connectivity index (χ1n) is 5.73. The molecule has 0 unspecified atom stereocenters. The number of carbonyl (C=O) groups is 1. The summed E-state index contributed by atoms with van der Waals surface area (Å²) in [7, 11) is 0. The van der Waals surface area contributed by atoms with Crippen molar-refractivity contribution >= 4 is 5.97 Å². The number of aryl methyl sites for hydroxylation is 1. The lowest BCUT2D eigenvalue weighted by atomic mass is 10.3. The SMILES string of the molecule is C=CCN(CC(=O)O)Cc1ccnn1CCC. The van der Waals surface area contributed by atoms with Crippen molar-refractivity contribution in [1.82, 2.24) is 14.7 Å². The third-order valence-electron chi connectivity index (χ3n) is 2.37. The summed E-state index contributed by atoms with van der Waals surface area (Å²) in [6.07, 6.45) is 4.47. The molecule has 5 heteroatoms. The predicted molar refractivity (Wildman–Crippen MR) is 65.6 cm³/mol. The van der Waals surface area contributed by atoms with Crippen molar-refractivity contribution in [3.8, 4) is 0 Å². The molecule has 0 aliphatic heterocycles. The first-order valence-corrected chi connectivity index (χ1v) is 5.73. The molecule has 1 heterocycles. The third kappa shape index (κ3) is 4.40. The van der Waals surface area contributed by atoms with Gasteiger partial charge < -0.3 is 5.11 Å². The summed E-state index contributed by atoms with van der Waals surface area (Å²) < 4.78 is 1.91. The van der Waals surface area contributed by atoms with Gasteiger partial charge in [-0.25, -0.2) is 0 Å². The van der Waals surface area contributed by atoms with Crippen LogP contribution in [0.15, 0.2) is 24.9 Å². The van der Waals surface area contributed by atoms with Gasteiger partial charge in [0, 0.05) is 25.8 Å². The van der Waals surface area contributed by atoms with Gasteiger partial charge in [-0.15, -0.1) is 6.58 Å². The number of rotatable bonds is 8. The summed E-state index contributed by atoms with van der Waals surface area (Å²) in [5.74, 6) is -0.826. The summed E-state index contributed by atoms with van der Waals surface area (Å²) in [5, 5.41) is 13.0. The fourth-order valence-corrected chi connectivity index (χ4v) is 1.70. The standard InChI is InChI=1S/C12H19N3O2/c1-3-7-14(10-12(16)17)9-11-5-6-13-15(11)8-4-2/h3,5-6H,1,4,7-10H2,2H3,(H,16,17). The number of nitrogens with zero attached hydrogens (tertiary/aromatic N) is 3. The predicted octanol–water partition coefficient (Wildman–Crippen LogP) is 1.37. The average Bonchev–Trinajstić information content (AvgIpc) is 2.66. The fraction of sp³-hybridized carbons (Fsp3) is 0.500. The molecule has 0 saturated heterocycles. The molecule has 0 aliphatic rings. The molecule has 0 spiro atoms. The number of hydrogen-bond donors (Lipinski definition) is 1. The molecule has 0 aliphatic carbocycles. The van der Waals surface area contributed by atoms with Gasteiger partial charge in [0.2, 0.25) is 0 Å². The topological polar surface area (TPSA) is 58.4 Å². The van der Waals surface area contributed by atoms with E-state index in [-0.39, 0.29) is 6.54 Å². The van der Waals surface area contributed by atoms with Gasteiger partial charge in [-0.05, 0) is 12.5 Å². The van der Waals surface area contributed by atoms with Crippen LogP contribution in [0.4, 0.5) is 0 Å². The van der Waals surface area contributed by atoms with Crippen LogP contribution in [0, 0.1) is 0 Å². The van der Waals surface area contributed by atoms with Crippen molar-refractivity contribution < 1.29 is 9.90 Å². The van der Waals surface area contributed by atoms with Gasteiger partial charge in [-0.3, -0.25) is 14.4 Å². The minimum absolute atomic E-state index is 0.0172. The van der Waals surface area contributed by atoms with Crippen molar-refractivity contribution in [1.29, 1.82) is 0 Å². The number of hydrogen-bond acceptors (Lipinski definition) is 3. The smallest absolute Gasteiger partial charge is 0.317 e. The van der Waals surface area contributed by atoms with Crippen LogP contribution >= 0.6 is 0 Å². The van der Waals surface area contributed by atoms with Crippen LogP contribution in [0.3, 0.4) is 0 Å². The molecule has 1 rings (SSSR count). The van der Waals surface area contributed by atoms with Crippen LogP contribution < -0.4 is 0 Å². The Balaban J connectivity index is 2.67. The van der Waals surface area contributed by atoms with Crippen LogP contribution in [0.1, 0.15) is 19.0 Å². The summed E-state index contributed by atoms with van der Waals surface area (Å²) in [5.41, 5.74) is 1.04. The van der Waals surface area contributed by atoms with E-state index in [1.165, 1.54) is 0 Å². The molecule has 1 N–H and O–H groups in total. The molecule has 1 aromatic heterocycles. The molecule has 94 valence electrons. The second-order valence-corrected chi connectivity index (χ2v) is 3.90. The lowest BCUT2D eigenvalue weighted by molar-refractivity contribution is -0.138. The lowest BCUT2D eigenvalue weighted by Gasteiger charge is -2.18. The minimum Gasteiger partial charge on any atom is -0.480 e. The van der Waals surface area contributed by atoms with Gasteiger partial charge in [0.15, 0.2) is 0 Å². The van der Waals surface area contributed by atoms with Crippen LogP contribution in [-0.4, -0.2) is 38.8 Å². The molecule has 0 radical (unpaired) electrons. The molecule has 5 nitrogen and oxygen atoms in total. The second-order valence-electron chi connectivity index (χ2n) is 3.90. The summed E-state index contributed by atoms with van der Waals surface area (Å²) >= 11 is 0. The normalized spacial score (nSPS) is 10.7. The Morgan fingerprint density at radius 1 is 1.71 bits per heavy atom. The van der Waals surface area contributed by atoms with Gasteiger partial charge in [-0.2, -0.15) is 5.10 Å². The number of carboxylic acid groups (broad SMARTS) is 1. The first-order chi connectivity index (χ1) is 8.17. The highest BCUT2D eigenvalue weighted by Gasteiger charge is 2.11. The van der Waals surface area contributed by atoms with E-state index in [2.05, 4.69) is 18.6 Å². The van der Waals surface area contributed by atoms with Crippen molar-refractivity contribution in [3.63, 3.8) is 0 Å². The maximum Gasteiger partial charge on any atom is 0.317 e. The number of aliphatic carboxylic acids is 1. The van der Waals surface area contributed by atoms with E-state index in [4.69, 9.17) is 5.11 Å². The van der Waals surface area contributed by atoms with E-state index >= 15 is 0 Å². The van der Waals surface area contributed by atoms with Crippen LogP contribution in [0.25, 0.3) is 0 Å². The summed E-state index contributed by atoms with van der Waals surface area (Å²) in [6, 6.07) is 1.92. The average molecular weight is 237 g/mol. The molecular formula is C12H19N3O2. The van der Waals surface area contributed by atoms with E-state index in [1.807, 2.05) is 15.6 Å². The Kier molecular flexibility index (Phi) is 5.42. The van der Waals surface area contributed by atoms with Gasteiger partial charge in [0.25, 0.3) is 0 Å². The monoisotopic (exact) mass is 237 g/mol. The molecule has 0 atom stereocenters. The molecule has 0 bridgehead atoms. The van der Waals surface area contributed by atoms with Gasteiger partial charge in [-0.1, -0.05) is 13.0 Å². The van der Waals surface area contributed by atoms with Crippen LogP contribution in [-0.2, 0) is 17.9 Å². The Bertz CT molecular complexity index is 374. The highest BCUT2D eigenvalue weighted by atomic mass is 16.4. The minimum atomic E-state index is -0.826. The highest BCUT2D eigenvalue weighted by molar-refractivity contribution is 5.69. The van der Waals surface area contributed by atoms with Crippen LogP contribution in [0.5, 0.6) is 0 Å². The molecule has 0 fully saturated rings. The lowest BCUT2D eigenvalue weighted by Crippen LogP contribution is -2.30. The van der Waals surface area contributed by atoms with Crippen LogP contribution in [0.2, 0.25) is 0 Å². The highest BCUT2D eigenvalue weighted by Crippen LogP contribution is 2.05. The van der Waals surface area contributed by atoms with Crippen molar-refractivity contribution in [3.05, 3.63) is 30.6 Å². The maximum absolute atomic E-state index is 10.7. The van der Waals surface area contributed by atoms with Crippen molar-refractivity contribution in [2.75, 3.05) is 13.1 Å². The molecule has 0 saturated carbocycles. The van der Waals surface area contributed by atoms with Gasteiger partial charge >= 0.3 is 5.97 Å². The zero-order chi connectivity index (χ0) is 12.7. The Morgan fingerprint density at radius 3 is 3.06 bits per heavy atom. The fourth-order valence-electron chi connectivity index (χ4n) is 1.70. The summed E-state index contributed by atoms with van der Waals surface area (Å²) in [4.78, 5) is 12.5. The quantitative estimate of drug-likeness (QED) is 0.694. The van der Waals surface area contributed by atoms with Crippen molar-refractivity contribution in [2.45, 2.75) is 26.4 Å². The van der Waals surface area contributed by atoms with E-state index in [1.54, 1.807) is 12.3 Å². The Hall–Kier alpha value is -1.62. The molecule has 1 aromatic rings. The number of aromatic nitrogens is 2. The zero-order valence-electron chi connectivity index (χ0n) is 10.2. The van der Waals surface area contributed by atoms with E-state index in [0.717, 1.165) is 18.7 Å².